The zero-order valence-electron chi connectivity index (χ0n) is 9.13. The smallest absolute Gasteiger partial charge is 0.160 e. The molecule has 0 saturated heterocycles. The lowest BCUT2D eigenvalue weighted by molar-refractivity contribution is 0.112. The van der Waals surface area contributed by atoms with Crippen LogP contribution in [0, 0.1) is 0 Å². The Bertz CT molecular complexity index is 739. The first kappa shape index (κ1) is 11.3. The van der Waals surface area contributed by atoms with Crippen LogP contribution in [0.15, 0.2) is 36.7 Å². The van der Waals surface area contributed by atoms with Crippen LogP contribution in [0.3, 0.4) is 0 Å². The molecule has 0 atom stereocenters. The van der Waals surface area contributed by atoms with E-state index in [4.69, 9.17) is 11.6 Å². The zero-order chi connectivity index (χ0) is 12.5. The summed E-state index contributed by atoms with van der Waals surface area (Å²) in [6.45, 7) is 0. The SMILES string of the molecule is O=Cc1ccc(-c2cc(Cl)c3cnccc3n2)s1. The molecule has 3 nitrogen and oxygen atoms in total. The number of aldehydes is 1. The summed E-state index contributed by atoms with van der Waals surface area (Å²) < 4.78 is 0. The Morgan fingerprint density at radius 2 is 2.17 bits per heavy atom. The third kappa shape index (κ3) is 1.89. The molecule has 5 heteroatoms. The molecule has 3 aromatic heterocycles. The molecule has 0 saturated carbocycles. The normalized spacial score (nSPS) is 10.7. The fourth-order valence-electron chi connectivity index (χ4n) is 1.71. The van der Waals surface area contributed by atoms with Gasteiger partial charge in [-0.1, -0.05) is 11.6 Å². The molecular formula is C13H7ClN2OS. The van der Waals surface area contributed by atoms with Crippen molar-refractivity contribution in [1.82, 2.24) is 9.97 Å². The van der Waals surface area contributed by atoms with Gasteiger partial charge in [-0.25, -0.2) is 4.98 Å². The molecule has 0 aliphatic rings. The van der Waals surface area contributed by atoms with Crippen LogP contribution in [0.25, 0.3) is 21.5 Å². The number of carbonyl (C=O) groups is 1. The molecule has 0 N–H and O–H groups in total. The largest absolute Gasteiger partial charge is 0.297 e. The second kappa shape index (κ2) is 4.48. The van der Waals surface area contributed by atoms with Gasteiger partial charge in [0.25, 0.3) is 0 Å². The summed E-state index contributed by atoms with van der Waals surface area (Å²) in [5.41, 5.74) is 1.57. The van der Waals surface area contributed by atoms with Crippen molar-refractivity contribution in [1.29, 1.82) is 0 Å². The maximum Gasteiger partial charge on any atom is 0.160 e. The highest BCUT2D eigenvalue weighted by Gasteiger charge is 2.08. The third-order valence-corrected chi connectivity index (χ3v) is 3.90. The summed E-state index contributed by atoms with van der Waals surface area (Å²) in [4.78, 5) is 20.8. The Balaban J connectivity index is 2.20. The number of hydrogen-bond donors (Lipinski definition) is 0. The molecule has 3 rings (SSSR count). The molecule has 3 heterocycles. The molecule has 0 amide bonds. The Labute approximate surface area is 112 Å². The van der Waals surface area contributed by atoms with E-state index >= 15 is 0 Å². The first-order chi connectivity index (χ1) is 8.78. The number of halogens is 1. The predicted molar refractivity (Wildman–Crippen MR) is 73.2 cm³/mol. The number of thiophene rings is 1. The molecule has 88 valence electrons. The van der Waals surface area contributed by atoms with Crippen LogP contribution in [-0.2, 0) is 0 Å². The molecule has 0 fully saturated rings. The van der Waals surface area contributed by atoms with E-state index < -0.39 is 0 Å². The van der Waals surface area contributed by atoms with Crippen LogP contribution in [0.4, 0.5) is 0 Å². The van der Waals surface area contributed by atoms with Crippen molar-refractivity contribution >= 4 is 40.1 Å². The summed E-state index contributed by atoms with van der Waals surface area (Å²) in [6.07, 6.45) is 4.21. The molecule has 3 aromatic rings. The lowest BCUT2D eigenvalue weighted by atomic mass is 10.2. The van der Waals surface area contributed by atoms with Crippen LogP contribution in [0.5, 0.6) is 0 Å². The molecule has 0 radical (unpaired) electrons. The van der Waals surface area contributed by atoms with Gasteiger partial charge in [-0.3, -0.25) is 9.78 Å². The first-order valence-corrected chi connectivity index (χ1v) is 6.43. The highest BCUT2D eigenvalue weighted by Crippen LogP contribution is 2.31. The minimum absolute atomic E-state index is 0.615. The lowest BCUT2D eigenvalue weighted by Crippen LogP contribution is -1.85. The van der Waals surface area contributed by atoms with Crippen molar-refractivity contribution in [2.45, 2.75) is 0 Å². The van der Waals surface area contributed by atoms with E-state index in [2.05, 4.69) is 9.97 Å². The molecule has 0 aliphatic heterocycles. The fraction of sp³-hybridized carbons (Fsp3) is 0. The zero-order valence-corrected chi connectivity index (χ0v) is 10.7. The summed E-state index contributed by atoms with van der Waals surface area (Å²) in [5, 5.41) is 1.44. The maximum absolute atomic E-state index is 10.7. The third-order valence-electron chi connectivity index (χ3n) is 2.56. The number of rotatable bonds is 2. The van der Waals surface area contributed by atoms with Gasteiger partial charge in [0.1, 0.15) is 0 Å². The van der Waals surface area contributed by atoms with E-state index in [1.165, 1.54) is 11.3 Å². The molecule has 0 spiro atoms. The van der Waals surface area contributed by atoms with Gasteiger partial charge in [0.15, 0.2) is 6.29 Å². The monoisotopic (exact) mass is 274 g/mol. The second-order valence-electron chi connectivity index (χ2n) is 3.70. The topological polar surface area (TPSA) is 42.9 Å². The van der Waals surface area contributed by atoms with Gasteiger partial charge in [0.2, 0.25) is 0 Å². The van der Waals surface area contributed by atoms with Crippen LogP contribution in [0.1, 0.15) is 9.67 Å². The van der Waals surface area contributed by atoms with Crippen molar-refractivity contribution in [3.05, 3.63) is 46.6 Å². The van der Waals surface area contributed by atoms with E-state index in [0.717, 1.165) is 27.8 Å². The standard InChI is InChI=1S/C13H7ClN2OS/c14-10-5-12(13-2-1-8(7-17)18-13)16-11-3-4-15-6-9(10)11/h1-7H. The summed E-state index contributed by atoms with van der Waals surface area (Å²) in [6, 6.07) is 7.27. The van der Waals surface area contributed by atoms with Gasteiger partial charge in [-0.15, -0.1) is 11.3 Å². The average Bonchev–Trinajstić information content (AvgIpc) is 2.87. The molecule has 18 heavy (non-hydrogen) atoms. The number of aromatic nitrogens is 2. The molecular weight excluding hydrogens is 268 g/mol. The van der Waals surface area contributed by atoms with Gasteiger partial charge in [-0.05, 0) is 24.3 Å². The second-order valence-corrected chi connectivity index (χ2v) is 5.22. The lowest BCUT2D eigenvalue weighted by Gasteiger charge is -2.02. The van der Waals surface area contributed by atoms with Crippen molar-refractivity contribution < 1.29 is 4.79 Å². The van der Waals surface area contributed by atoms with Gasteiger partial charge in [0.05, 0.1) is 26.0 Å². The Hall–Kier alpha value is -1.78. The minimum Gasteiger partial charge on any atom is -0.297 e. The van der Waals surface area contributed by atoms with E-state index in [9.17, 15) is 4.79 Å². The van der Waals surface area contributed by atoms with E-state index in [-0.39, 0.29) is 0 Å². The number of hydrogen-bond acceptors (Lipinski definition) is 4. The van der Waals surface area contributed by atoms with Crippen molar-refractivity contribution in [3.8, 4) is 10.6 Å². The van der Waals surface area contributed by atoms with Gasteiger partial charge in [0, 0.05) is 17.8 Å². The molecule has 0 aromatic carbocycles. The summed E-state index contributed by atoms with van der Waals surface area (Å²) in [5.74, 6) is 0. The summed E-state index contributed by atoms with van der Waals surface area (Å²) >= 11 is 7.61. The maximum atomic E-state index is 10.7. The van der Waals surface area contributed by atoms with E-state index in [1.807, 2.05) is 12.1 Å². The quantitative estimate of drug-likeness (QED) is 0.667. The van der Waals surface area contributed by atoms with Crippen LogP contribution < -0.4 is 0 Å². The Morgan fingerprint density at radius 1 is 1.28 bits per heavy atom. The predicted octanol–water partition coefficient (Wildman–Crippen LogP) is 3.82. The van der Waals surface area contributed by atoms with Gasteiger partial charge >= 0.3 is 0 Å². The Kier molecular flexibility index (Phi) is 2.81. The number of pyridine rings is 2. The average molecular weight is 275 g/mol. The van der Waals surface area contributed by atoms with Gasteiger partial charge in [-0.2, -0.15) is 0 Å². The van der Waals surface area contributed by atoms with Crippen molar-refractivity contribution in [2.24, 2.45) is 0 Å². The Morgan fingerprint density at radius 3 is 2.94 bits per heavy atom. The van der Waals surface area contributed by atoms with E-state index in [0.29, 0.717) is 9.90 Å². The van der Waals surface area contributed by atoms with Crippen LogP contribution in [0.2, 0.25) is 5.02 Å². The fourth-order valence-corrected chi connectivity index (χ4v) is 2.74. The number of carbonyl (C=O) groups excluding carboxylic acids is 1. The van der Waals surface area contributed by atoms with Crippen LogP contribution in [-0.4, -0.2) is 16.3 Å². The van der Waals surface area contributed by atoms with Crippen molar-refractivity contribution in [3.63, 3.8) is 0 Å². The molecule has 0 unspecified atom stereocenters. The van der Waals surface area contributed by atoms with E-state index in [1.54, 1.807) is 24.5 Å². The van der Waals surface area contributed by atoms with Crippen molar-refractivity contribution in [2.75, 3.05) is 0 Å². The summed E-state index contributed by atoms with van der Waals surface area (Å²) in [7, 11) is 0. The van der Waals surface area contributed by atoms with Gasteiger partial charge < -0.3 is 0 Å². The minimum atomic E-state index is 0.615. The van der Waals surface area contributed by atoms with Crippen LogP contribution >= 0.6 is 22.9 Å². The number of nitrogens with zero attached hydrogens (tertiary/aromatic N) is 2. The number of fused-ring (bicyclic) bond motifs is 1. The highest BCUT2D eigenvalue weighted by atomic mass is 35.5. The molecule has 0 bridgehead atoms. The molecule has 0 aliphatic carbocycles. The first-order valence-electron chi connectivity index (χ1n) is 5.23. The highest BCUT2D eigenvalue weighted by molar-refractivity contribution is 7.17.